The lowest BCUT2D eigenvalue weighted by atomic mass is 9.95. The summed E-state index contributed by atoms with van der Waals surface area (Å²) in [7, 11) is 1.00. The van der Waals surface area contributed by atoms with Crippen LogP contribution < -0.4 is 5.73 Å². The molecule has 0 bridgehead atoms. The minimum atomic E-state index is 0.606. The normalized spacial score (nSPS) is 47.6. The molecule has 0 heterocycles. The molecule has 0 aliphatic heterocycles. The maximum Gasteiger partial charge on any atom is 0.0319 e. The van der Waals surface area contributed by atoms with E-state index in [2.05, 4.69) is 0 Å². The number of aliphatic hydroxyl groups excluding tert-OH is 1. The topological polar surface area (TPSA) is 46.2 Å². The Morgan fingerprint density at radius 2 is 2.00 bits per heavy atom. The zero-order valence-corrected chi connectivity index (χ0v) is 5.17. The number of fused-ring (bicyclic) bond motifs is 1. The van der Waals surface area contributed by atoms with Crippen LogP contribution in [0.2, 0.25) is 0 Å². The molecule has 48 valence electrons. The standard InChI is InChI=1S/C5H9N.CH4O/c6-5-2-3-1-4(3)5;1-2/h3-5H,1-2,6H2;2H,1H3. The van der Waals surface area contributed by atoms with Crippen LogP contribution in [0.25, 0.3) is 0 Å². The second kappa shape index (κ2) is 2.03. The van der Waals surface area contributed by atoms with Gasteiger partial charge in [0, 0.05) is 13.2 Å². The second-order valence-corrected chi connectivity index (χ2v) is 2.56. The van der Waals surface area contributed by atoms with Gasteiger partial charge in [0.25, 0.3) is 0 Å². The van der Waals surface area contributed by atoms with Gasteiger partial charge in [0.2, 0.25) is 0 Å². The summed E-state index contributed by atoms with van der Waals surface area (Å²) < 4.78 is 0. The molecule has 2 rings (SSSR count). The molecule has 0 aromatic carbocycles. The summed E-state index contributed by atoms with van der Waals surface area (Å²) in [5.41, 5.74) is 5.56. The Morgan fingerprint density at radius 3 is 2.00 bits per heavy atom. The van der Waals surface area contributed by atoms with E-state index in [1.807, 2.05) is 0 Å². The number of hydrogen-bond donors (Lipinski definition) is 2. The highest BCUT2D eigenvalue weighted by Gasteiger charge is 2.51. The first-order chi connectivity index (χ1) is 3.88. The molecular formula is C6H13NO. The Hall–Kier alpha value is -0.0800. The van der Waals surface area contributed by atoms with E-state index in [0.29, 0.717) is 6.04 Å². The predicted octanol–water partition coefficient (Wildman–Crippen LogP) is -0.0380. The van der Waals surface area contributed by atoms with E-state index in [9.17, 15) is 0 Å². The molecule has 0 aromatic rings. The average molecular weight is 115 g/mol. The maximum atomic E-state index is 7.00. The Kier molecular flexibility index (Phi) is 1.54. The van der Waals surface area contributed by atoms with Gasteiger partial charge < -0.3 is 10.8 Å². The Bertz CT molecular complexity index is 84.6. The van der Waals surface area contributed by atoms with Crippen LogP contribution in [-0.2, 0) is 0 Å². The Balaban J connectivity index is 0.000000147. The van der Waals surface area contributed by atoms with Crippen LogP contribution in [0.4, 0.5) is 0 Å². The van der Waals surface area contributed by atoms with Crippen LogP contribution in [0.3, 0.4) is 0 Å². The molecular weight excluding hydrogens is 102 g/mol. The molecule has 0 radical (unpaired) electrons. The van der Waals surface area contributed by atoms with Gasteiger partial charge in [-0.05, 0) is 24.7 Å². The van der Waals surface area contributed by atoms with Crippen molar-refractivity contribution in [1.29, 1.82) is 0 Å². The summed E-state index contributed by atoms with van der Waals surface area (Å²) in [4.78, 5) is 0. The van der Waals surface area contributed by atoms with Crippen molar-refractivity contribution < 1.29 is 5.11 Å². The van der Waals surface area contributed by atoms with Gasteiger partial charge in [-0.25, -0.2) is 0 Å². The van der Waals surface area contributed by atoms with E-state index in [0.717, 1.165) is 18.9 Å². The minimum Gasteiger partial charge on any atom is -0.400 e. The van der Waals surface area contributed by atoms with Crippen LogP contribution >= 0.6 is 0 Å². The van der Waals surface area contributed by atoms with Gasteiger partial charge in [0.05, 0.1) is 0 Å². The van der Waals surface area contributed by atoms with Crippen molar-refractivity contribution in [1.82, 2.24) is 0 Å². The summed E-state index contributed by atoms with van der Waals surface area (Å²) in [5, 5.41) is 7.00. The third-order valence-corrected chi connectivity index (χ3v) is 2.10. The van der Waals surface area contributed by atoms with Crippen molar-refractivity contribution in [3.8, 4) is 0 Å². The Labute approximate surface area is 49.7 Å². The lowest BCUT2D eigenvalue weighted by molar-refractivity contribution is 0.387. The third-order valence-electron chi connectivity index (χ3n) is 2.10. The van der Waals surface area contributed by atoms with Crippen molar-refractivity contribution in [2.24, 2.45) is 17.6 Å². The molecule has 8 heavy (non-hydrogen) atoms. The molecule has 0 saturated heterocycles. The van der Waals surface area contributed by atoms with Gasteiger partial charge in [-0.1, -0.05) is 0 Å². The van der Waals surface area contributed by atoms with Gasteiger partial charge in [-0.15, -0.1) is 0 Å². The van der Waals surface area contributed by atoms with E-state index in [-0.39, 0.29) is 0 Å². The van der Waals surface area contributed by atoms with Gasteiger partial charge in [0.15, 0.2) is 0 Å². The van der Waals surface area contributed by atoms with E-state index in [4.69, 9.17) is 10.8 Å². The van der Waals surface area contributed by atoms with Crippen LogP contribution in [0, 0.1) is 11.8 Å². The van der Waals surface area contributed by atoms with E-state index >= 15 is 0 Å². The first-order valence-electron chi connectivity index (χ1n) is 3.08. The number of aliphatic hydroxyl groups is 1. The van der Waals surface area contributed by atoms with Crippen LogP contribution in [-0.4, -0.2) is 18.3 Å². The Morgan fingerprint density at radius 1 is 1.38 bits per heavy atom. The molecule has 3 unspecified atom stereocenters. The van der Waals surface area contributed by atoms with Gasteiger partial charge in [0.1, 0.15) is 0 Å². The monoisotopic (exact) mass is 115 g/mol. The van der Waals surface area contributed by atoms with Crippen LogP contribution in [0.1, 0.15) is 12.8 Å². The van der Waals surface area contributed by atoms with Crippen molar-refractivity contribution in [2.45, 2.75) is 18.9 Å². The first-order valence-corrected chi connectivity index (χ1v) is 3.08. The van der Waals surface area contributed by atoms with Gasteiger partial charge in [-0.2, -0.15) is 0 Å². The van der Waals surface area contributed by atoms with Gasteiger partial charge >= 0.3 is 0 Å². The van der Waals surface area contributed by atoms with Crippen LogP contribution in [0.5, 0.6) is 0 Å². The molecule has 0 spiro atoms. The third kappa shape index (κ3) is 0.740. The van der Waals surface area contributed by atoms with Crippen molar-refractivity contribution >= 4 is 0 Å². The van der Waals surface area contributed by atoms with Gasteiger partial charge in [-0.3, -0.25) is 0 Å². The lowest BCUT2D eigenvalue weighted by Crippen LogP contribution is -2.31. The van der Waals surface area contributed by atoms with Crippen molar-refractivity contribution in [2.75, 3.05) is 7.11 Å². The number of hydrogen-bond acceptors (Lipinski definition) is 2. The predicted molar refractivity (Wildman–Crippen MR) is 32.3 cm³/mol. The minimum absolute atomic E-state index is 0.606. The summed E-state index contributed by atoms with van der Waals surface area (Å²) in [5.74, 6) is 2.06. The molecule has 3 atom stereocenters. The first kappa shape index (κ1) is 6.05. The molecule has 0 amide bonds. The second-order valence-electron chi connectivity index (χ2n) is 2.56. The summed E-state index contributed by atoms with van der Waals surface area (Å²) in [6, 6.07) is 0.606. The highest BCUT2D eigenvalue weighted by molar-refractivity contribution is 5.04. The summed E-state index contributed by atoms with van der Waals surface area (Å²) >= 11 is 0. The fourth-order valence-corrected chi connectivity index (χ4v) is 1.39. The smallest absolute Gasteiger partial charge is 0.0319 e. The zero-order valence-electron chi connectivity index (χ0n) is 5.17. The van der Waals surface area contributed by atoms with E-state index in [1.54, 1.807) is 0 Å². The fraction of sp³-hybridized carbons (Fsp3) is 1.00. The molecule has 2 heteroatoms. The highest BCUT2D eigenvalue weighted by Crippen LogP contribution is 2.54. The summed E-state index contributed by atoms with van der Waals surface area (Å²) in [6.45, 7) is 0. The fourth-order valence-electron chi connectivity index (χ4n) is 1.39. The molecule has 2 nitrogen and oxygen atoms in total. The quantitative estimate of drug-likeness (QED) is 0.465. The van der Waals surface area contributed by atoms with E-state index < -0.39 is 0 Å². The number of nitrogens with two attached hydrogens (primary N) is 1. The molecule has 2 aliphatic rings. The molecule has 2 aliphatic carbocycles. The SMILES string of the molecule is CO.NC1CC2CC12. The maximum absolute atomic E-state index is 7.00. The van der Waals surface area contributed by atoms with Crippen molar-refractivity contribution in [3.05, 3.63) is 0 Å². The zero-order chi connectivity index (χ0) is 6.15. The largest absolute Gasteiger partial charge is 0.400 e. The number of rotatable bonds is 0. The van der Waals surface area contributed by atoms with Crippen molar-refractivity contribution in [3.63, 3.8) is 0 Å². The molecule has 0 aromatic heterocycles. The summed E-state index contributed by atoms with van der Waals surface area (Å²) in [6.07, 6.45) is 2.77. The molecule has 2 saturated carbocycles. The van der Waals surface area contributed by atoms with E-state index in [1.165, 1.54) is 12.8 Å². The highest BCUT2D eigenvalue weighted by atomic mass is 16.2. The average Bonchev–Trinajstić information content (AvgIpc) is 2.46. The lowest BCUT2D eigenvalue weighted by Gasteiger charge is -2.18. The van der Waals surface area contributed by atoms with Crippen LogP contribution in [0.15, 0.2) is 0 Å². The molecule has 2 fully saturated rings. The molecule has 3 N–H and O–H groups in total.